The summed E-state index contributed by atoms with van der Waals surface area (Å²) < 4.78 is 21.6. The van der Waals surface area contributed by atoms with Gasteiger partial charge in [0.15, 0.2) is 11.3 Å². The van der Waals surface area contributed by atoms with E-state index in [4.69, 9.17) is 9.79 Å². The van der Waals surface area contributed by atoms with E-state index in [1.165, 1.54) is 0 Å². The monoisotopic (exact) mass is 240 g/mol. The van der Waals surface area contributed by atoms with E-state index in [1.54, 1.807) is 0 Å². The summed E-state index contributed by atoms with van der Waals surface area (Å²) in [6.07, 6.45) is 2.40. The lowest BCUT2D eigenvalue weighted by molar-refractivity contribution is 0.460. The Morgan fingerprint density at radius 1 is 0.929 bits per heavy atom. The topological polar surface area (TPSA) is 74.6 Å². The second-order valence-electron chi connectivity index (χ2n) is 3.31. The van der Waals surface area contributed by atoms with Gasteiger partial charge in [-0.25, -0.2) is 0 Å². The van der Waals surface area contributed by atoms with E-state index >= 15 is 0 Å². The fourth-order valence-electron chi connectivity index (χ4n) is 1.33. The maximum atomic E-state index is 10.8. The van der Waals surface area contributed by atoms with Crippen LogP contribution in [0.25, 0.3) is 0 Å². The first kappa shape index (κ1) is 14.1. The lowest BCUT2D eigenvalue weighted by atomic mass is 10.1. The average molecular weight is 240 g/mol. The van der Waals surface area contributed by atoms with Gasteiger partial charge in [0.2, 0.25) is 0 Å². The molecule has 0 aliphatic rings. The Balaban J connectivity index is 4.00. The Hall–Kier alpha value is 0.120. The highest BCUT2D eigenvalue weighted by molar-refractivity contribution is 7.39. The zero-order chi connectivity index (χ0) is 11.1. The largest absolute Gasteiger partial charge is 0.508 e. The van der Waals surface area contributed by atoms with E-state index in [-0.39, 0.29) is 11.3 Å². The van der Waals surface area contributed by atoms with Crippen molar-refractivity contribution >= 4 is 16.1 Å². The van der Waals surface area contributed by atoms with E-state index in [0.717, 1.165) is 0 Å². The summed E-state index contributed by atoms with van der Waals surface area (Å²) in [4.78, 5) is 17.8. The molecule has 4 nitrogen and oxygen atoms in total. The lowest BCUT2D eigenvalue weighted by Crippen LogP contribution is -2.07. The van der Waals surface area contributed by atoms with Crippen molar-refractivity contribution in [3.63, 3.8) is 0 Å². The Kier molecular flexibility index (Phi) is 7.48. The van der Waals surface area contributed by atoms with E-state index in [2.05, 4.69) is 0 Å². The summed E-state index contributed by atoms with van der Waals surface area (Å²) in [6.45, 7) is 3.71. The maximum absolute atomic E-state index is 10.8. The van der Waals surface area contributed by atoms with Gasteiger partial charge in [-0.2, -0.15) is 9.79 Å². The first-order valence-electron chi connectivity index (χ1n) is 4.83. The molecule has 0 aromatic carbocycles. The zero-order valence-corrected chi connectivity index (χ0v) is 10.4. The first-order valence-corrected chi connectivity index (χ1v) is 7.39. The van der Waals surface area contributed by atoms with E-state index in [9.17, 15) is 9.13 Å². The quantitative estimate of drug-likeness (QED) is 0.671. The molecule has 2 N–H and O–H groups in total. The molecule has 0 amide bonds. The van der Waals surface area contributed by atoms with Gasteiger partial charge in [0.25, 0.3) is 0 Å². The number of rotatable bonds is 7. The molecule has 0 fully saturated rings. The Morgan fingerprint density at radius 3 is 1.36 bits per heavy atom. The number of hydrogen-bond donors (Lipinski definition) is 2. The molecule has 0 heterocycles. The van der Waals surface area contributed by atoms with Gasteiger partial charge in [0, 0.05) is 12.8 Å². The van der Waals surface area contributed by atoms with Crippen molar-refractivity contribution in [2.45, 2.75) is 50.8 Å². The van der Waals surface area contributed by atoms with Crippen LogP contribution in [0.2, 0.25) is 0 Å². The van der Waals surface area contributed by atoms with Crippen LogP contribution in [-0.2, 0) is 9.13 Å². The van der Waals surface area contributed by atoms with Crippen LogP contribution in [0, 0.1) is 0 Å². The first-order chi connectivity index (χ1) is 6.52. The van der Waals surface area contributed by atoms with Crippen molar-refractivity contribution in [3.05, 3.63) is 0 Å². The van der Waals surface area contributed by atoms with Crippen molar-refractivity contribution in [1.82, 2.24) is 0 Å². The molecule has 0 aliphatic carbocycles. The molecule has 4 atom stereocenters. The highest BCUT2D eigenvalue weighted by Gasteiger charge is 2.32. The molecule has 0 rings (SSSR count). The third-order valence-corrected chi connectivity index (χ3v) is 4.90. The molecule has 0 aromatic rings. The average Bonchev–Trinajstić information content (AvgIpc) is 2.11. The molecule has 82 valence electrons. The molecular weight excluding hydrogens is 222 g/mol. The highest BCUT2D eigenvalue weighted by atomic mass is 31.1. The van der Waals surface area contributed by atoms with Gasteiger partial charge >= 0.3 is 16.1 Å². The van der Waals surface area contributed by atoms with Crippen LogP contribution >= 0.6 is 16.1 Å². The molecule has 6 heteroatoms. The molecular formula is C8H18O4P2+2. The second-order valence-corrected chi connectivity index (χ2v) is 5.98. The minimum absolute atomic E-state index is 0.228. The van der Waals surface area contributed by atoms with Crippen molar-refractivity contribution in [3.8, 4) is 0 Å². The fourth-order valence-corrected chi connectivity index (χ4v) is 2.69. The third-order valence-electron chi connectivity index (χ3n) is 2.40. The van der Waals surface area contributed by atoms with Crippen LogP contribution in [0.15, 0.2) is 0 Å². The van der Waals surface area contributed by atoms with Crippen LogP contribution in [0.3, 0.4) is 0 Å². The van der Waals surface area contributed by atoms with E-state index in [1.807, 2.05) is 13.8 Å². The third kappa shape index (κ3) is 5.11. The predicted molar refractivity (Wildman–Crippen MR) is 57.0 cm³/mol. The van der Waals surface area contributed by atoms with Gasteiger partial charge in [0.1, 0.15) is 0 Å². The predicted octanol–water partition coefficient (Wildman–Crippen LogP) is 2.79. The van der Waals surface area contributed by atoms with Crippen LogP contribution in [0.5, 0.6) is 0 Å². The summed E-state index contributed by atoms with van der Waals surface area (Å²) >= 11 is 0. The van der Waals surface area contributed by atoms with Gasteiger partial charge in [-0.15, -0.1) is 0 Å². The molecule has 0 saturated heterocycles. The normalized spacial score (nSPS) is 17.4. The SMILES string of the molecule is CCC(CCC(CC)[P+](=O)O)[P+](=O)O. The van der Waals surface area contributed by atoms with E-state index in [0.29, 0.717) is 25.7 Å². The van der Waals surface area contributed by atoms with Crippen LogP contribution in [0.1, 0.15) is 39.5 Å². The zero-order valence-electron chi connectivity index (χ0n) is 8.59. The molecule has 0 saturated carbocycles. The van der Waals surface area contributed by atoms with Gasteiger partial charge in [0.05, 0.1) is 0 Å². The minimum Gasteiger partial charge on any atom is -0.161 e. The highest BCUT2D eigenvalue weighted by Crippen LogP contribution is 2.34. The van der Waals surface area contributed by atoms with Crippen LogP contribution in [-0.4, -0.2) is 21.1 Å². The van der Waals surface area contributed by atoms with Crippen molar-refractivity contribution in [2.75, 3.05) is 0 Å². The van der Waals surface area contributed by atoms with Crippen LogP contribution in [0.4, 0.5) is 0 Å². The lowest BCUT2D eigenvalue weighted by Gasteiger charge is -2.02. The van der Waals surface area contributed by atoms with Gasteiger partial charge in [-0.1, -0.05) is 13.8 Å². The van der Waals surface area contributed by atoms with Gasteiger partial charge < -0.3 is 0 Å². The van der Waals surface area contributed by atoms with Gasteiger partial charge in [-0.3, -0.25) is 0 Å². The molecule has 0 aromatic heterocycles. The summed E-state index contributed by atoms with van der Waals surface area (Å²) in [6, 6.07) is 0. The summed E-state index contributed by atoms with van der Waals surface area (Å²) in [5.74, 6) is 0. The summed E-state index contributed by atoms with van der Waals surface area (Å²) in [7, 11) is -4.29. The molecule has 0 aliphatic heterocycles. The standard InChI is InChI=1S/C8H16O4P2/c1-3-7(13(9)10)5-6-8(4-2)14(11)12/h7-8H,3-6H2,1-2H3/p+2. The van der Waals surface area contributed by atoms with Gasteiger partial charge in [-0.05, 0) is 22.0 Å². The Bertz CT molecular complexity index is 186. The molecule has 0 radical (unpaired) electrons. The smallest absolute Gasteiger partial charge is 0.161 e. The summed E-state index contributed by atoms with van der Waals surface area (Å²) in [5.41, 5.74) is -0.456. The second kappa shape index (κ2) is 7.42. The van der Waals surface area contributed by atoms with Crippen molar-refractivity contribution in [2.24, 2.45) is 0 Å². The minimum atomic E-state index is -2.15. The molecule has 0 bridgehead atoms. The number of hydrogen-bond acceptors (Lipinski definition) is 2. The van der Waals surface area contributed by atoms with Crippen molar-refractivity contribution < 1.29 is 18.9 Å². The molecule has 0 spiro atoms. The molecule has 4 unspecified atom stereocenters. The Labute approximate surface area is 86.5 Å². The van der Waals surface area contributed by atoms with Crippen LogP contribution < -0.4 is 0 Å². The Morgan fingerprint density at radius 2 is 1.21 bits per heavy atom. The van der Waals surface area contributed by atoms with Crippen molar-refractivity contribution in [1.29, 1.82) is 0 Å². The maximum Gasteiger partial charge on any atom is 0.508 e. The molecule has 14 heavy (non-hydrogen) atoms. The van der Waals surface area contributed by atoms with E-state index < -0.39 is 16.1 Å². The fraction of sp³-hybridized carbons (Fsp3) is 1.00. The summed E-state index contributed by atoms with van der Waals surface area (Å²) in [5, 5.41) is 0.